The molecule has 1 aliphatic heterocycles. The first-order valence-electron chi connectivity index (χ1n) is 11.3. The molecule has 2 aliphatic carbocycles. The maximum Gasteiger partial charge on any atom is 0.257 e. The van der Waals surface area contributed by atoms with Crippen molar-refractivity contribution in [3.05, 3.63) is 46.8 Å². The van der Waals surface area contributed by atoms with Gasteiger partial charge in [-0.15, -0.1) is 0 Å². The number of pyridine rings is 1. The zero-order valence-corrected chi connectivity index (χ0v) is 19.9. The zero-order valence-electron chi connectivity index (χ0n) is 19.1. The normalized spacial score (nSPS) is 17.8. The number of aromatic nitrogens is 1. The summed E-state index contributed by atoms with van der Waals surface area (Å²) in [5, 5.41) is 3.32. The Kier molecular flexibility index (Phi) is 5.19. The number of hydrogen-bond donors (Lipinski definition) is 1. The van der Waals surface area contributed by atoms with E-state index in [-0.39, 0.29) is 24.0 Å². The molecule has 9 heteroatoms. The van der Waals surface area contributed by atoms with Gasteiger partial charge in [-0.25, -0.2) is 8.42 Å². The van der Waals surface area contributed by atoms with Gasteiger partial charge in [0.2, 0.25) is 10.0 Å². The van der Waals surface area contributed by atoms with Gasteiger partial charge in [0, 0.05) is 26.4 Å². The Hall–Kier alpha value is -2.94. The summed E-state index contributed by atoms with van der Waals surface area (Å²) in [5.41, 5.74) is 4.51. The number of rotatable bonds is 8. The molecule has 0 radical (unpaired) electrons. The number of carbonyl (C=O) groups is 2. The molecule has 3 aliphatic rings. The third kappa shape index (κ3) is 4.34. The summed E-state index contributed by atoms with van der Waals surface area (Å²) in [7, 11) is -0.241. The molecule has 5 rings (SSSR count). The molecule has 2 aromatic rings. The van der Waals surface area contributed by atoms with Crippen molar-refractivity contribution in [2.45, 2.75) is 44.6 Å². The lowest BCUT2D eigenvalue weighted by molar-refractivity contribution is -0.119. The van der Waals surface area contributed by atoms with E-state index in [1.807, 2.05) is 18.2 Å². The number of amides is 1. The first-order valence-corrected chi connectivity index (χ1v) is 13.1. The molecule has 1 N–H and O–H groups in total. The van der Waals surface area contributed by atoms with Crippen LogP contribution in [0.5, 0.6) is 0 Å². The highest BCUT2D eigenvalue weighted by molar-refractivity contribution is 7.92. The fourth-order valence-electron chi connectivity index (χ4n) is 4.32. The van der Waals surface area contributed by atoms with Crippen LogP contribution in [0.15, 0.2) is 24.3 Å². The van der Waals surface area contributed by atoms with Crippen molar-refractivity contribution < 1.29 is 18.0 Å². The van der Waals surface area contributed by atoms with Gasteiger partial charge in [-0.3, -0.25) is 18.9 Å². The number of nitrogens with one attached hydrogen (secondary N) is 1. The third-order valence-electron chi connectivity index (χ3n) is 6.66. The van der Waals surface area contributed by atoms with E-state index in [2.05, 4.69) is 10.3 Å². The van der Waals surface area contributed by atoms with Crippen molar-refractivity contribution in [1.29, 1.82) is 0 Å². The van der Waals surface area contributed by atoms with Crippen LogP contribution in [0.3, 0.4) is 0 Å². The van der Waals surface area contributed by atoms with Crippen LogP contribution < -0.4 is 9.62 Å². The Morgan fingerprint density at radius 2 is 1.91 bits per heavy atom. The van der Waals surface area contributed by atoms with Crippen LogP contribution in [0.1, 0.15) is 58.9 Å². The molecule has 1 aromatic heterocycles. The second kappa shape index (κ2) is 7.83. The minimum Gasteiger partial charge on any atom is -0.353 e. The van der Waals surface area contributed by atoms with E-state index < -0.39 is 10.0 Å². The zero-order chi connectivity index (χ0) is 23.5. The fourth-order valence-corrected chi connectivity index (χ4v) is 4.83. The molecule has 33 heavy (non-hydrogen) atoms. The Labute approximate surface area is 194 Å². The fraction of sp³-hybridized carbons (Fsp3) is 0.458. The standard InChI is InChI=1S/C24H28N4O4S/c1-27-13-20-23(24(27)30)19(11-17(25-20)12-22(29)15-6-7-15)26-18-9-8-16(14-4-5-14)10-21(18)28(2)33(3,31)32/h8-11,14-15H,4-7,12-13H2,1-3H3,(H,25,26). The predicted molar refractivity (Wildman–Crippen MR) is 126 cm³/mol. The minimum absolute atomic E-state index is 0.130. The van der Waals surface area contributed by atoms with Gasteiger partial charge in [0.1, 0.15) is 5.78 Å². The van der Waals surface area contributed by atoms with Crippen molar-refractivity contribution in [2.75, 3.05) is 30.0 Å². The molecule has 0 saturated heterocycles. The molecular weight excluding hydrogens is 440 g/mol. The summed E-state index contributed by atoms with van der Waals surface area (Å²) in [6, 6.07) is 7.55. The lowest BCUT2D eigenvalue weighted by atomic mass is 10.1. The Morgan fingerprint density at radius 1 is 1.18 bits per heavy atom. The van der Waals surface area contributed by atoms with Crippen LogP contribution >= 0.6 is 0 Å². The molecule has 0 spiro atoms. The van der Waals surface area contributed by atoms with Crippen LogP contribution in [0.4, 0.5) is 17.1 Å². The van der Waals surface area contributed by atoms with Crippen molar-refractivity contribution in [3.63, 3.8) is 0 Å². The summed E-state index contributed by atoms with van der Waals surface area (Å²) < 4.78 is 26.0. The predicted octanol–water partition coefficient (Wildman–Crippen LogP) is 3.21. The van der Waals surface area contributed by atoms with Gasteiger partial charge in [-0.05, 0) is 55.4 Å². The van der Waals surface area contributed by atoms with Crippen LogP contribution in [-0.4, -0.2) is 50.3 Å². The summed E-state index contributed by atoms with van der Waals surface area (Å²) in [6.07, 6.45) is 5.49. The average Bonchev–Trinajstić information content (AvgIpc) is 3.65. The minimum atomic E-state index is -3.49. The molecule has 2 heterocycles. The van der Waals surface area contributed by atoms with E-state index in [0.29, 0.717) is 46.5 Å². The van der Waals surface area contributed by atoms with Crippen molar-refractivity contribution >= 4 is 38.8 Å². The first kappa shape index (κ1) is 21.9. The summed E-state index contributed by atoms with van der Waals surface area (Å²) in [5.74, 6) is 0.627. The maximum atomic E-state index is 12.9. The van der Waals surface area contributed by atoms with E-state index >= 15 is 0 Å². The Bertz CT molecular complexity index is 1270. The van der Waals surface area contributed by atoms with Crippen molar-refractivity contribution in [3.8, 4) is 0 Å². The van der Waals surface area contributed by atoms with Gasteiger partial charge in [0.05, 0.1) is 46.8 Å². The molecule has 2 saturated carbocycles. The van der Waals surface area contributed by atoms with Crippen molar-refractivity contribution in [2.24, 2.45) is 5.92 Å². The van der Waals surface area contributed by atoms with Gasteiger partial charge in [0.25, 0.3) is 5.91 Å². The van der Waals surface area contributed by atoms with Gasteiger partial charge < -0.3 is 10.2 Å². The van der Waals surface area contributed by atoms with E-state index in [1.54, 1.807) is 18.0 Å². The molecule has 0 unspecified atom stereocenters. The van der Waals surface area contributed by atoms with E-state index in [0.717, 1.165) is 31.2 Å². The van der Waals surface area contributed by atoms with Gasteiger partial charge in [-0.2, -0.15) is 0 Å². The third-order valence-corrected chi connectivity index (χ3v) is 7.85. The quantitative estimate of drug-likeness (QED) is 0.639. The molecule has 8 nitrogen and oxygen atoms in total. The van der Waals surface area contributed by atoms with Crippen molar-refractivity contribution in [1.82, 2.24) is 9.88 Å². The number of anilines is 3. The molecule has 174 valence electrons. The van der Waals surface area contributed by atoms with E-state index in [9.17, 15) is 18.0 Å². The smallest absolute Gasteiger partial charge is 0.257 e. The second-order valence-corrected chi connectivity index (χ2v) is 11.5. The maximum absolute atomic E-state index is 12.9. The Morgan fingerprint density at radius 3 is 2.55 bits per heavy atom. The highest BCUT2D eigenvalue weighted by atomic mass is 32.2. The summed E-state index contributed by atoms with van der Waals surface area (Å²) in [4.78, 5) is 31.5. The monoisotopic (exact) mass is 468 g/mol. The average molecular weight is 469 g/mol. The summed E-state index contributed by atoms with van der Waals surface area (Å²) >= 11 is 0. The highest BCUT2D eigenvalue weighted by Crippen LogP contribution is 2.43. The number of fused-ring (bicyclic) bond motifs is 1. The number of benzene rings is 1. The molecule has 1 amide bonds. The Balaban J connectivity index is 1.56. The molecule has 1 aromatic carbocycles. The summed E-state index contributed by atoms with van der Waals surface area (Å²) in [6.45, 7) is 0.380. The molecule has 0 bridgehead atoms. The number of carbonyl (C=O) groups excluding carboxylic acids is 2. The molecule has 0 atom stereocenters. The van der Waals surface area contributed by atoms with E-state index in [4.69, 9.17) is 0 Å². The highest BCUT2D eigenvalue weighted by Gasteiger charge is 2.33. The number of sulfonamides is 1. The molecular formula is C24H28N4O4S. The number of hydrogen-bond acceptors (Lipinski definition) is 6. The second-order valence-electron chi connectivity index (χ2n) is 9.47. The van der Waals surface area contributed by atoms with Crippen LogP contribution in [0.2, 0.25) is 0 Å². The van der Waals surface area contributed by atoms with Gasteiger partial charge in [-0.1, -0.05) is 6.07 Å². The largest absolute Gasteiger partial charge is 0.353 e. The molecule has 2 fully saturated rings. The number of ketones is 1. The SMILES string of the molecule is CN1Cc2nc(CC(=O)C3CC3)cc(Nc3ccc(C4CC4)cc3N(C)S(C)(=O)=O)c2C1=O. The first-order chi connectivity index (χ1) is 15.6. The topological polar surface area (TPSA) is 99.7 Å². The van der Waals surface area contributed by atoms with Gasteiger partial charge in [0.15, 0.2) is 0 Å². The van der Waals surface area contributed by atoms with Crippen LogP contribution in [0, 0.1) is 5.92 Å². The van der Waals surface area contributed by atoms with Crippen LogP contribution in [0.25, 0.3) is 0 Å². The number of Topliss-reactive ketones (excluding diaryl/α,β-unsaturated/α-hetero) is 1. The van der Waals surface area contributed by atoms with Crippen LogP contribution in [-0.2, 0) is 27.8 Å². The lowest BCUT2D eigenvalue weighted by Gasteiger charge is -2.23. The van der Waals surface area contributed by atoms with Gasteiger partial charge >= 0.3 is 0 Å². The van der Waals surface area contributed by atoms with E-state index in [1.165, 1.54) is 17.6 Å². The lowest BCUT2D eigenvalue weighted by Crippen LogP contribution is -2.26. The number of nitrogens with zero attached hydrogens (tertiary/aromatic N) is 3.